The largest absolute Gasteiger partial charge is 0.481 e. The summed E-state index contributed by atoms with van der Waals surface area (Å²) in [5, 5.41) is 10.7. The van der Waals surface area contributed by atoms with Gasteiger partial charge in [0.25, 0.3) is 0 Å². The molecule has 19 heavy (non-hydrogen) atoms. The molecule has 0 amide bonds. The number of para-hydroxylation sites is 1. The molecule has 102 valence electrons. The first-order valence-corrected chi connectivity index (χ1v) is 5.28. The molecule has 0 saturated carbocycles. The van der Waals surface area contributed by atoms with Crippen molar-refractivity contribution in [1.29, 1.82) is 0 Å². The number of carbonyl (C=O) groups is 1. The molecule has 0 atom stereocenters. The molecule has 0 radical (unpaired) electrons. The maximum absolute atomic E-state index is 13.4. The van der Waals surface area contributed by atoms with Gasteiger partial charge in [0.2, 0.25) is 5.75 Å². The fourth-order valence-electron chi connectivity index (χ4n) is 1.28. The molecule has 1 aromatic carbocycles. The molecule has 0 unspecified atom stereocenters. The Kier molecular flexibility index (Phi) is 4.99. The molecule has 0 aromatic heterocycles. The number of nitro benzene ring substituents is 1. The SMILES string of the molecule is COC(=O)/C(C)=C/COc1c(F)cccc1[N+](=O)[O-]. The van der Waals surface area contributed by atoms with Crippen LogP contribution in [0.3, 0.4) is 0 Å². The minimum atomic E-state index is -0.835. The van der Waals surface area contributed by atoms with Gasteiger partial charge in [-0.25, -0.2) is 9.18 Å². The molecule has 0 aliphatic rings. The van der Waals surface area contributed by atoms with Gasteiger partial charge in [-0.3, -0.25) is 10.1 Å². The molecule has 0 spiro atoms. The van der Waals surface area contributed by atoms with Gasteiger partial charge in [0.1, 0.15) is 6.61 Å². The van der Waals surface area contributed by atoms with Gasteiger partial charge in [-0.05, 0) is 19.1 Å². The molecule has 1 aromatic rings. The van der Waals surface area contributed by atoms with Crippen molar-refractivity contribution < 1.29 is 23.6 Å². The summed E-state index contributed by atoms with van der Waals surface area (Å²) in [5.41, 5.74) is -0.203. The van der Waals surface area contributed by atoms with E-state index in [1.807, 2.05) is 0 Å². The number of nitrogens with zero attached hydrogens (tertiary/aromatic N) is 1. The maximum Gasteiger partial charge on any atom is 0.333 e. The van der Waals surface area contributed by atoms with Gasteiger partial charge < -0.3 is 9.47 Å². The van der Waals surface area contributed by atoms with Gasteiger partial charge in [0.15, 0.2) is 5.82 Å². The number of hydrogen-bond acceptors (Lipinski definition) is 5. The Labute approximate surface area is 108 Å². The fourth-order valence-corrected chi connectivity index (χ4v) is 1.28. The van der Waals surface area contributed by atoms with Crippen molar-refractivity contribution in [3.05, 3.63) is 45.8 Å². The highest BCUT2D eigenvalue weighted by Crippen LogP contribution is 2.29. The van der Waals surface area contributed by atoms with Crippen molar-refractivity contribution in [2.75, 3.05) is 13.7 Å². The Morgan fingerprint density at radius 1 is 1.53 bits per heavy atom. The minimum absolute atomic E-state index is 0.178. The first-order chi connectivity index (χ1) is 8.97. The van der Waals surface area contributed by atoms with Gasteiger partial charge in [-0.2, -0.15) is 0 Å². The number of benzene rings is 1. The molecule has 0 aliphatic heterocycles. The number of rotatable bonds is 5. The number of esters is 1. The lowest BCUT2D eigenvalue weighted by atomic mass is 10.3. The summed E-state index contributed by atoms with van der Waals surface area (Å²) in [4.78, 5) is 21.0. The van der Waals surface area contributed by atoms with Crippen LogP contribution in [0.1, 0.15) is 6.92 Å². The van der Waals surface area contributed by atoms with E-state index in [2.05, 4.69) is 4.74 Å². The minimum Gasteiger partial charge on any atom is -0.481 e. The molecule has 0 aliphatic carbocycles. The van der Waals surface area contributed by atoms with Crippen molar-refractivity contribution >= 4 is 11.7 Å². The predicted molar refractivity (Wildman–Crippen MR) is 64.3 cm³/mol. The highest BCUT2D eigenvalue weighted by Gasteiger charge is 2.18. The Bertz CT molecular complexity index is 527. The van der Waals surface area contributed by atoms with Crippen LogP contribution in [-0.2, 0) is 9.53 Å². The van der Waals surface area contributed by atoms with Gasteiger partial charge in [-0.1, -0.05) is 6.07 Å². The normalized spacial score (nSPS) is 11.0. The topological polar surface area (TPSA) is 78.7 Å². The van der Waals surface area contributed by atoms with Crippen LogP contribution in [0.2, 0.25) is 0 Å². The van der Waals surface area contributed by atoms with E-state index in [0.717, 1.165) is 12.1 Å². The van der Waals surface area contributed by atoms with Crippen LogP contribution in [0.15, 0.2) is 29.8 Å². The molecule has 0 saturated heterocycles. The summed E-state index contributed by atoms with van der Waals surface area (Å²) < 4.78 is 22.9. The second kappa shape index (κ2) is 6.48. The fraction of sp³-hybridized carbons (Fsp3) is 0.250. The lowest BCUT2D eigenvalue weighted by molar-refractivity contribution is -0.386. The van der Waals surface area contributed by atoms with Crippen LogP contribution in [0.25, 0.3) is 0 Å². The van der Waals surface area contributed by atoms with Crippen molar-refractivity contribution in [3.8, 4) is 5.75 Å². The summed E-state index contributed by atoms with van der Waals surface area (Å²) in [7, 11) is 1.22. The molecule has 0 N–H and O–H groups in total. The van der Waals surface area contributed by atoms with E-state index < -0.39 is 28.1 Å². The summed E-state index contributed by atoms with van der Waals surface area (Å²) >= 11 is 0. The molecule has 0 fully saturated rings. The van der Waals surface area contributed by atoms with Gasteiger partial charge in [-0.15, -0.1) is 0 Å². The number of halogens is 1. The number of methoxy groups -OCH3 is 1. The molecule has 6 nitrogen and oxygen atoms in total. The van der Waals surface area contributed by atoms with E-state index in [0.29, 0.717) is 0 Å². The van der Waals surface area contributed by atoms with Crippen LogP contribution in [0.5, 0.6) is 5.75 Å². The highest BCUT2D eigenvalue weighted by molar-refractivity contribution is 5.87. The van der Waals surface area contributed by atoms with Crippen molar-refractivity contribution in [2.45, 2.75) is 6.92 Å². The van der Waals surface area contributed by atoms with Crippen molar-refractivity contribution in [2.24, 2.45) is 0 Å². The highest BCUT2D eigenvalue weighted by atomic mass is 19.1. The van der Waals surface area contributed by atoms with Crippen LogP contribution < -0.4 is 4.74 Å². The summed E-state index contributed by atoms with van der Waals surface area (Å²) in [5.74, 6) is -1.84. The number of nitro groups is 1. The van der Waals surface area contributed by atoms with Crippen LogP contribution >= 0.6 is 0 Å². The monoisotopic (exact) mass is 269 g/mol. The van der Waals surface area contributed by atoms with E-state index in [1.54, 1.807) is 0 Å². The zero-order chi connectivity index (χ0) is 14.4. The average Bonchev–Trinajstić information content (AvgIpc) is 2.39. The third-order valence-electron chi connectivity index (χ3n) is 2.27. The molecule has 1 rings (SSSR count). The summed E-state index contributed by atoms with van der Waals surface area (Å²) in [6.45, 7) is 1.31. The number of hydrogen-bond donors (Lipinski definition) is 0. The lowest BCUT2D eigenvalue weighted by Gasteiger charge is -2.05. The molecular formula is C12H12FNO5. The smallest absolute Gasteiger partial charge is 0.333 e. The second-order valence-electron chi connectivity index (χ2n) is 3.53. The zero-order valence-electron chi connectivity index (χ0n) is 10.4. The molecule has 0 heterocycles. The van der Waals surface area contributed by atoms with Crippen molar-refractivity contribution in [3.63, 3.8) is 0 Å². The Morgan fingerprint density at radius 3 is 2.79 bits per heavy atom. The number of carbonyl (C=O) groups excluding carboxylic acids is 1. The van der Waals surface area contributed by atoms with Gasteiger partial charge in [0.05, 0.1) is 12.0 Å². The Balaban J connectivity index is 2.84. The summed E-state index contributed by atoms with van der Waals surface area (Å²) in [6, 6.07) is 3.41. The Morgan fingerprint density at radius 2 is 2.21 bits per heavy atom. The van der Waals surface area contributed by atoms with E-state index >= 15 is 0 Å². The van der Waals surface area contributed by atoms with Crippen LogP contribution in [0.4, 0.5) is 10.1 Å². The van der Waals surface area contributed by atoms with Gasteiger partial charge >= 0.3 is 11.7 Å². The average molecular weight is 269 g/mol. The first kappa shape index (κ1) is 14.6. The number of ether oxygens (including phenoxy) is 2. The van der Waals surface area contributed by atoms with E-state index in [4.69, 9.17) is 4.74 Å². The third-order valence-corrected chi connectivity index (χ3v) is 2.27. The zero-order valence-corrected chi connectivity index (χ0v) is 10.4. The van der Waals surface area contributed by atoms with Gasteiger partial charge in [0, 0.05) is 11.6 Å². The predicted octanol–water partition coefficient (Wildman–Crippen LogP) is 2.23. The van der Waals surface area contributed by atoms with Crippen LogP contribution in [-0.4, -0.2) is 24.6 Å². The van der Waals surface area contributed by atoms with Crippen LogP contribution in [0, 0.1) is 15.9 Å². The van der Waals surface area contributed by atoms with E-state index in [1.165, 1.54) is 26.2 Å². The maximum atomic E-state index is 13.4. The summed E-state index contributed by atoms with van der Waals surface area (Å²) in [6.07, 6.45) is 1.35. The first-order valence-electron chi connectivity index (χ1n) is 5.28. The Hall–Kier alpha value is -2.44. The standard InChI is InChI=1S/C12H12FNO5/c1-8(12(15)18-2)6-7-19-11-9(13)4-3-5-10(11)14(16)17/h3-6H,7H2,1-2H3/b8-6+. The van der Waals surface area contributed by atoms with E-state index in [9.17, 15) is 19.3 Å². The van der Waals surface area contributed by atoms with E-state index in [-0.39, 0.29) is 12.2 Å². The molecule has 0 bridgehead atoms. The van der Waals surface area contributed by atoms with Crippen molar-refractivity contribution in [1.82, 2.24) is 0 Å². The lowest BCUT2D eigenvalue weighted by Crippen LogP contribution is -2.05. The molecule has 7 heteroatoms. The third kappa shape index (κ3) is 3.77. The second-order valence-corrected chi connectivity index (χ2v) is 3.53. The molecular weight excluding hydrogens is 257 g/mol. The quantitative estimate of drug-likeness (QED) is 0.354.